The van der Waals surface area contributed by atoms with Crippen LogP contribution in [0.4, 0.5) is 11.5 Å². The molecule has 78 valence electrons. The first-order valence-electron chi connectivity index (χ1n) is 5.06. The second-order valence-corrected chi connectivity index (χ2v) is 4.15. The fourth-order valence-electron chi connectivity index (χ4n) is 1.51. The molecule has 3 nitrogen and oxygen atoms in total. The van der Waals surface area contributed by atoms with E-state index in [-0.39, 0.29) is 0 Å². The van der Waals surface area contributed by atoms with Crippen LogP contribution in [-0.4, -0.2) is 11.0 Å². The summed E-state index contributed by atoms with van der Waals surface area (Å²) in [5.74, 6) is 1.60. The van der Waals surface area contributed by atoms with Crippen molar-refractivity contribution in [2.24, 2.45) is 5.92 Å². The zero-order valence-electron chi connectivity index (χ0n) is 9.12. The first-order chi connectivity index (χ1) is 6.58. The van der Waals surface area contributed by atoms with Crippen molar-refractivity contribution < 1.29 is 0 Å². The summed E-state index contributed by atoms with van der Waals surface area (Å²) < 4.78 is 0. The quantitative estimate of drug-likeness (QED) is 0.772. The van der Waals surface area contributed by atoms with Gasteiger partial charge in [0.1, 0.15) is 5.82 Å². The Labute approximate surface area is 85.7 Å². The first kappa shape index (κ1) is 10.8. The summed E-state index contributed by atoms with van der Waals surface area (Å²) in [6, 6.07) is 4.22. The van der Waals surface area contributed by atoms with E-state index in [0.29, 0.717) is 17.6 Å². The number of pyridine rings is 1. The van der Waals surface area contributed by atoms with Crippen LogP contribution in [0, 0.1) is 5.92 Å². The van der Waals surface area contributed by atoms with Crippen LogP contribution in [0.3, 0.4) is 0 Å². The number of nitrogens with one attached hydrogen (secondary N) is 1. The molecule has 0 fully saturated rings. The van der Waals surface area contributed by atoms with E-state index in [2.05, 4.69) is 31.1 Å². The SMILES string of the molecule is CC(C)CC(C)Nc1ccc(N)cn1. The van der Waals surface area contributed by atoms with Gasteiger partial charge in [-0.2, -0.15) is 0 Å². The maximum atomic E-state index is 5.55. The smallest absolute Gasteiger partial charge is 0.126 e. The van der Waals surface area contributed by atoms with E-state index >= 15 is 0 Å². The number of hydrogen-bond acceptors (Lipinski definition) is 3. The Balaban J connectivity index is 2.47. The molecule has 1 unspecified atom stereocenters. The van der Waals surface area contributed by atoms with Crippen molar-refractivity contribution in [1.82, 2.24) is 4.98 Å². The molecule has 0 aliphatic rings. The van der Waals surface area contributed by atoms with E-state index in [4.69, 9.17) is 5.73 Å². The third kappa shape index (κ3) is 3.64. The van der Waals surface area contributed by atoms with Crippen LogP contribution in [0.25, 0.3) is 0 Å². The average molecular weight is 193 g/mol. The number of rotatable bonds is 4. The monoisotopic (exact) mass is 193 g/mol. The molecule has 0 aliphatic carbocycles. The molecule has 0 spiro atoms. The molecule has 1 aromatic heterocycles. The van der Waals surface area contributed by atoms with Crippen LogP contribution in [0.2, 0.25) is 0 Å². The van der Waals surface area contributed by atoms with Crippen LogP contribution in [0.5, 0.6) is 0 Å². The molecule has 1 atom stereocenters. The highest BCUT2D eigenvalue weighted by Crippen LogP contribution is 2.11. The number of hydrogen-bond donors (Lipinski definition) is 2. The summed E-state index contributed by atoms with van der Waals surface area (Å²) >= 11 is 0. The zero-order valence-corrected chi connectivity index (χ0v) is 9.12. The third-order valence-corrected chi connectivity index (χ3v) is 2.01. The van der Waals surface area contributed by atoms with Gasteiger partial charge in [0.2, 0.25) is 0 Å². The second-order valence-electron chi connectivity index (χ2n) is 4.15. The first-order valence-corrected chi connectivity index (χ1v) is 5.06. The molecular weight excluding hydrogens is 174 g/mol. The standard InChI is InChI=1S/C11H19N3/c1-8(2)6-9(3)14-11-5-4-10(12)7-13-11/h4-5,7-9H,6,12H2,1-3H3,(H,13,14). The molecule has 0 aromatic carbocycles. The predicted molar refractivity (Wildman–Crippen MR) is 61.2 cm³/mol. The summed E-state index contributed by atoms with van der Waals surface area (Å²) in [5.41, 5.74) is 6.25. The summed E-state index contributed by atoms with van der Waals surface area (Å²) in [6.45, 7) is 6.60. The van der Waals surface area contributed by atoms with Gasteiger partial charge < -0.3 is 11.1 Å². The molecule has 14 heavy (non-hydrogen) atoms. The molecule has 0 saturated carbocycles. The normalized spacial score (nSPS) is 12.9. The Kier molecular flexibility index (Phi) is 3.74. The van der Waals surface area contributed by atoms with E-state index < -0.39 is 0 Å². The van der Waals surface area contributed by atoms with Gasteiger partial charge in [0.05, 0.1) is 11.9 Å². The van der Waals surface area contributed by atoms with Gasteiger partial charge >= 0.3 is 0 Å². The second kappa shape index (κ2) is 4.84. The summed E-state index contributed by atoms with van der Waals surface area (Å²) in [7, 11) is 0. The number of aromatic nitrogens is 1. The lowest BCUT2D eigenvalue weighted by molar-refractivity contribution is 0.539. The minimum absolute atomic E-state index is 0.450. The summed E-state index contributed by atoms with van der Waals surface area (Å²) in [6.07, 6.45) is 2.82. The Morgan fingerprint density at radius 1 is 1.36 bits per heavy atom. The lowest BCUT2D eigenvalue weighted by Crippen LogP contribution is -2.18. The van der Waals surface area contributed by atoms with Gasteiger partial charge in [-0.25, -0.2) is 4.98 Å². The van der Waals surface area contributed by atoms with Gasteiger partial charge in [-0.3, -0.25) is 0 Å². The Morgan fingerprint density at radius 3 is 2.57 bits per heavy atom. The third-order valence-electron chi connectivity index (χ3n) is 2.01. The van der Waals surface area contributed by atoms with Crippen LogP contribution in [0.1, 0.15) is 27.2 Å². The van der Waals surface area contributed by atoms with Crippen molar-refractivity contribution >= 4 is 11.5 Å². The van der Waals surface area contributed by atoms with Crippen molar-refractivity contribution in [3.63, 3.8) is 0 Å². The highest BCUT2D eigenvalue weighted by Gasteiger charge is 2.04. The van der Waals surface area contributed by atoms with Crippen LogP contribution >= 0.6 is 0 Å². The molecule has 1 heterocycles. The highest BCUT2D eigenvalue weighted by molar-refractivity contribution is 5.44. The number of nitrogens with two attached hydrogens (primary N) is 1. The Hall–Kier alpha value is -1.25. The van der Waals surface area contributed by atoms with Gasteiger partial charge in [-0.05, 0) is 31.4 Å². The fraction of sp³-hybridized carbons (Fsp3) is 0.545. The number of nitrogen functional groups attached to an aromatic ring is 1. The van der Waals surface area contributed by atoms with Gasteiger partial charge in [-0.15, -0.1) is 0 Å². The lowest BCUT2D eigenvalue weighted by atomic mass is 10.1. The molecule has 0 aliphatic heterocycles. The molecule has 0 saturated heterocycles. The van der Waals surface area contributed by atoms with Gasteiger partial charge in [-0.1, -0.05) is 13.8 Å². The topological polar surface area (TPSA) is 50.9 Å². The number of nitrogens with zero attached hydrogens (tertiary/aromatic N) is 1. The zero-order chi connectivity index (χ0) is 10.6. The maximum Gasteiger partial charge on any atom is 0.126 e. The van der Waals surface area contributed by atoms with Gasteiger partial charge in [0.25, 0.3) is 0 Å². The van der Waals surface area contributed by atoms with E-state index in [1.165, 1.54) is 0 Å². The maximum absolute atomic E-state index is 5.55. The van der Waals surface area contributed by atoms with Crippen molar-refractivity contribution in [3.8, 4) is 0 Å². The van der Waals surface area contributed by atoms with Crippen molar-refractivity contribution in [3.05, 3.63) is 18.3 Å². The molecule has 0 radical (unpaired) electrons. The molecular formula is C11H19N3. The van der Waals surface area contributed by atoms with E-state index in [1.807, 2.05) is 12.1 Å². The van der Waals surface area contributed by atoms with E-state index in [0.717, 1.165) is 12.2 Å². The predicted octanol–water partition coefficient (Wildman–Crippen LogP) is 2.51. The van der Waals surface area contributed by atoms with Crippen molar-refractivity contribution in [2.45, 2.75) is 33.2 Å². The molecule has 3 heteroatoms. The lowest BCUT2D eigenvalue weighted by Gasteiger charge is -2.16. The number of anilines is 2. The van der Waals surface area contributed by atoms with E-state index in [9.17, 15) is 0 Å². The van der Waals surface area contributed by atoms with Gasteiger partial charge in [0.15, 0.2) is 0 Å². The summed E-state index contributed by atoms with van der Waals surface area (Å²) in [4.78, 5) is 4.19. The Bertz CT molecular complexity index is 266. The summed E-state index contributed by atoms with van der Waals surface area (Å²) in [5, 5.41) is 3.33. The molecule has 0 bridgehead atoms. The van der Waals surface area contributed by atoms with Gasteiger partial charge in [0, 0.05) is 6.04 Å². The minimum atomic E-state index is 0.450. The van der Waals surface area contributed by atoms with E-state index in [1.54, 1.807) is 6.20 Å². The Morgan fingerprint density at radius 2 is 2.07 bits per heavy atom. The molecule has 1 aromatic rings. The minimum Gasteiger partial charge on any atom is -0.397 e. The van der Waals surface area contributed by atoms with Crippen molar-refractivity contribution in [1.29, 1.82) is 0 Å². The fourth-order valence-corrected chi connectivity index (χ4v) is 1.51. The molecule has 3 N–H and O–H groups in total. The average Bonchev–Trinajstić information content (AvgIpc) is 2.07. The largest absolute Gasteiger partial charge is 0.397 e. The highest BCUT2D eigenvalue weighted by atomic mass is 15.0. The van der Waals surface area contributed by atoms with Crippen LogP contribution in [0.15, 0.2) is 18.3 Å². The van der Waals surface area contributed by atoms with Crippen molar-refractivity contribution in [2.75, 3.05) is 11.1 Å². The van der Waals surface area contributed by atoms with Crippen LogP contribution in [-0.2, 0) is 0 Å². The molecule has 0 amide bonds. The van der Waals surface area contributed by atoms with Crippen LogP contribution < -0.4 is 11.1 Å². The molecule has 1 rings (SSSR count).